The minimum absolute atomic E-state index is 0.161. The van der Waals surface area contributed by atoms with Crippen molar-refractivity contribution in [2.75, 3.05) is 12.8 Å². The lowest BCUT2D eigenvalue weighted by Gasteiger charge is -2.21. The molecule has 0 aliphatic rings. The molecule has 3 nitrogen and oxygen atoms in total. The fourth-order valence-corrected chi connectivity index (χ4v) is 4.05. The highest BCUT2D eigenvalue weighted by Crippen LogP contribution is 2.32. The van der Waals surface area contributed by atoms with Crippen LogP contribution < -0.4 is 5.32 Å². The first-order valence-corrected chi connectivity index (χ1v) is 10.3. The van der Waals surface area contributed by atoms with Crippen molar-refractivity contribution in [1.29, 1.82) is 0 Å². The molecular formula is C21H21NO2S2. The highest BCUT2D eigenvalue weighted by molar-refractivity contribution is 7.98. The smallest absolute Gasteiger partial charge is 0.244 e. The van der Waals surface area contributed by atoms with Gasteiger partial charge in [0.1, 0.15) is 5.60 Å². The maximum Gasteiger partial charge on any atom is 0.244 e. The average Bonchev–Trinajstić information content (AvgIpc) is 3.10. The largest absolute Gasteiger partial charge is 0.383 e. The number of fused-ring (bicyclic) bond motifs is 1. The molecule has 0 spiro atoms. The van der Waals surface area contributed by atoms with Crippen LogP contribution in [0, 0.1) is 0 Å². The van der Waals surface area contributed by atoms with E-state index in [1.807, 2.05) is 60.9 Å². The van der Waals surface area contributed by atoms with E-state index >= 15 is 0 Å². The Morgan fingerprint density at radius 1 is 1.23 bits per heavy atom. The molecule has 0 aliphatic heterocycles. The summed E-state index contributed by atoms with van der Waals surface area (Å²) in [7, 11) is 0. The molecule has 3 aromatic rings. The van der Waals surface area contributed by atoms with Crippen molar-refractivity contribution in [3.8, 4) is 0 Å². The molecule has 2 N–H and O–H groups in total. The summed E-state index contributed by atoms with van der Waals surface area (Å²) in [6.07, 6.45) is 5.30. The molecule has 0 radical (unpaired) electrons. The van der Waals surface area contributed by atoms with Crippen molar-refractivity contribution < 1.29 is 9.90 Å². The molecule has 2 aromatic carbocycles. The molecule has 1 amide bonds. The lowest BCUT2D eigenvalue weighted by atomic mass is 10.0. The van der Waals surface area contributed by atoms with Gasteiger partial charge in [0.05, 0.1) is 6.54 Å². The Bertz CT molecular complexity index is 894. The van der Waals surface area contributed by atoms with Crippen LogP contribution in [0.4, 0.5) is 0 Å². The summed E-state index contributed by atoms with van der Waals surface area (Å²) in [5, 5.41) is 14.6. The number of hydrogen-bond acceptors (Lipinski definition) is 4. The van der Waals surface area contributed by atoms with Crippen molar-refractivity contribution in [2.45, 2.75) is 17.4 Å². The Balaban J connectivity index is 1.61. The molecule has 134 valence electrons. The van der Waals surface area contributed by atoms with Gasteiger partial charge in [-0.15, -0.1) is 23.1 Å². The third kappa shape index (κ3) is 4.55. The Hall–Kier alpha value is -2.08. The molecule has 0 saturated carbocycles. The Labute approximate surface area is 161 Å². The molecule has 1 unspecified atom stereocenters. The fourth-order valence-electron chi connectivity index (χ4n) is 2.54. The van der Waals surface area contributed by atoms with Crippen LogP contribution in [-0.2, 0) is 10.4 Å². The van der Waals surface area contributed by atoms with Crippen LogP contribution in [0.2, 0.25) is 0 Å². The van der Waals surface area contributed by atoms with Gasteiger partial charge in [0.2, 0.25) is 5.91 Å². The molecule has 3 rings (SSSR count). The standard InChI is InChI=1S/C21H21NO2S2/c1-21(24,19-13-16-5-3-4-6-18(16)26-19)14-22-20(23)12-9-15-7-10-17(25-2)11-8-15/h3-13,24H,14H2,1-2H3,(H,22,23)/b12-9+. The third-order valence-electron chi connectivity index (χ3n) is 4.11. The van der Waals surface area contributed by atoms with Crippen LogP contribution in [0.25, 0.3) is 16.2 Å². The molecule has 0 bridgehead atoms. The van der Waals surface area contributed by atoms with Crippen molar-refractivity contribution in [1.82, 2.24) is 5.32 Å². The van der Waals surface area contributed by atoms with Crippen LogP contribution in [-0.4, -0.2) is 23.8 Å². The topological polar surface area (TPSA) is 49.3 Å². The first kappa shape index (κ1) is 18.7. The first-order valence-electron chi connectivity index (χ1n) is 8.29. The number of carbonyl (C=O) groups excluding carboxylic acids is 1. The number of rotatable bonds is 6. The summed E-state index contributed by atoms with van der Waals surface area (Å²) in [5.74, 6) is -0.222. The van der Waals surface area contributed by atoms with Gasteiger partial charge < -0.3 is 10.4 Å². The van der Waals surface area contributed by atoms with Crippen molar-refractivity contribution in [3.63, 3.8) is 0 Å². The van der Waals surface area contributed by atoms with Crippen LogP contribution in [0.5, 0.6) is 0 Å². The molecule has 0 fully saturated rings. The van der Waals surface area contributed by atoms with E-state index in [-0.39, 0.29) is 12.5 Å². The maximum atomic E-state index is 12.1. The normalized spacial score (nSPS) is 13.8. The zero-order chi connectivity index (χ0) is 18.6. The van der Waals surface area contributed by atoms with Crippen molar-refractivity contribution in [3.05, 3.63) is 71.1 Å². The van der Waals surface area contributed by atoms with Gasteiger partial charge >= 0.3 is 0 Å². The Morgan fingerprint density at radius 2 is 1.96 bits per heavy atom. The number of amides is 1. The van der Waals surface area contributed by atoms with Gasteiger partial charge in [-0.25, -0.2) is 0 Å². The molecule has 26 heavy (non-hydrogen) atoms. The summed E-state index contributed by atoms with van der Waals surface area (Å²) in [4.78, 5) is 14.1. The van der Waals surface area contributed by atoms with E-state index in [1.54, 1.807) is 36.1 Å². The fraction of sp³-hybridized carbons (Fsp3) is 0.190. The lowest BCUT2D eigenvalue weighted by molar-refractivity contribution is -0.117. The molecule has 5 heteroatoms. The van der Waals surface area contributed by atoms with Gasteiger partial charge in [0, 0.05) is 20.5 Å². The second-order valence-electron chi connectivity index (χ2n) is 6.25. The second-order valence-corrected chi connectivity index (χ2v) is 8.21. The monoisotopic (exact) mass is 383 g/mol. The number of carbonyl (C=O) groups is 1. The second kappa shape index (κ2) is 8.08. The summed E-state index contributed by atoms with van der Waals surface area (Å²) in [6.45, 7) is 1.89. The third-order valence-corrected chi connectivity index (χ3v) is 6.22. The predicted octanol–water partition coefficient (Wildman–Crippen LogP) is 4.66. The van der Waals surface area contributed by atoms with E-state index in [0.29, 0.717) is 0 Å². The quantitative estimate of drug-likeness (QED) is 0.481. The summed E-state index contributed by atoms with van der Waals surface area (Å²) in [5.41, 5.74) is -0.137. The minimum Gasteiger partial charge on any atom is -0.383 e. The van der Waals surface area contributed by atoms with E-state index in [1.165, 1.54) is 11.0 Å². The maximum absolute atomic E-state index is 12.1. The van der Waals surface area contributed by atoms with E-state index in [9.17, 15) is 9.90 Å². The number of hydrogen-bond donors (Lipinski definition) is 2. The van der Waals surface area contributed by atoms with E-state index < -0.39 is 5.60 Å². The first-order chi connectivity index (χ1) is 12.5. The molecule has 1 aromatic heterocycles. The predicted molar refractivity (Wildman–Crippen MR) is 112 cm³/mol. The Morgan fingerprint density at radius 3 is 2.65 bits per heavy atom. The SMILES string of the molecule is CSc1ccc(/C=C/C(=O)NCC(C)(O)c2cc3ccccc3s2)cc1. The lowest BCUT2D eigenvalue weighted by Crippen LogP contribution is -2.37. The van der Waals surface area contributed by atoms with E-state index in [0.717, 1.165) is 20.5 Å². The summed E-state index contributed by atoms with van der Waals surface area (Å²) in [6, 6.07) is 18.0. The van der Waals surface area contributed by atoms with Gasteiger partial charge in [0.15, 0.2) is 0 Å². The zero-order valence-electron chi connectivity index (χ0n) is 14.7. The van der Waals surface area contributed by atoms with Crippen LogP contribution >= 0.6 is 23.1 Å². The number of thiophene rings is 1. The number of nitrogens with one attached hydrogen (secondary N) is 1. The zero-order valence-corrected chi connectivity index (χ0v) is 16.4. The molecule has 0 saturated heterocycles. The average molecular weight is 384 g/mol. The molecule has 1 atom stereocenters. The van der Waals surface area contributed by atoms with E-state index in [2.05, 4.69) is 5.32 Å². The van der Waals surface area contributed by atoms with Crippen LogP contribution in [0.1, 0.15) is 17.4 Å². The van der Waals surface area contributed by atoms with Crippen molar-refractivity contribution in [2.24, 2.45) is 0 Å². The van der Waals surface area contributed by atoms with Gasteiger partial charge in [-0.1, -0.05) is 30.3 Å². The van der Waals surface area contributed by atoms with Crippen molar-refractivity contribution >= 4 is 45.2 Å². The van der Waals surface area contributed by atoms with E-state index in [4.69, 9.17) is 0 Å². The van der Waals surface area contributed by atoms with Gasteiger partial charge in [-0.05, 0) is 54.5 Å². The molecule has 1 heterocycles. The number of thioether (sulfide) groups is 1. The molecule has 0 aliphatic carbocycles. The highest BCUT2D eigenvalue weighted by Gasteiger charge is 2.25. The summed E-state index contributed by atoms with van der Waals surface area (Å²) < 4.78 is 1.13. The number of aliphatic hydroxyl groups is 1. The van der Waals surface area contributed by atoms with Crippen LogP contribution in [0.3, 0.4) is 0 Å². The van der Waals surface area contributed by atoms with Gasteiger partial charge in [-0.2, -0.15) is 0 Å². The van der Waals surface area contributed by atoms with Gasteiger partial charge in [0.25, 0.3) is 0 Å². The Kier molecular flexibility index (Phi) is 5.81. The highest BCUT2D eigenvalue weighted by atomic mass is 32.2. The molecular weight excluding hydrogens is 362 g/mol. The number of benzene rings is 2. The van der Waals surface area contributed by atoms with Crippen LogP contribution in [0.15, 0.2) is 65.6 Å². The summed E-state index contributed by atoms with van der Waals surface area (Å²) >= 11 is 3.23. The minimum atomic E-state index is -1.10. The van der Waals surface area contributed by atoms with Gasteiger partial charge in [-0.3, -0.25) is 4.79 Å².